The molecule has 1 saturated heterocycles. The number of morpholine rings is 1. The Morgan fingerprint density at radius 3 is 2.76 bits per heavy atom. The second kappa shape index (κ2) is 9.61. The zero-order chi connectivity index (χ0) is 21.0. The Morgan fingerprint density at radius 2 is 2.03 bits per heavy atom. The molecule has 0 spiro atoms. The van der Waals surface area contributed by atoms with Gasteiger partial charge in [0.1, 0.15) is 18.5 Å². The van der Waals surface area contributed by atoms with Gasteiger partial charge in [0.2, 0.25) is 0 Å². The van der Waals surface area contributed by atoms with Crippen LogP contribution in [-0.4, -0.2) is 49.0 Å². The maximum absolute atomic E-state index is 10.6. The first kappa shape index (κ1) is 22.3. The van der Waals surface area contributed by atoms with Crippen LogP contribution in [0.15, 0.2) is 46.9 Å². The van der Waals surface area contributed by atoms with E-state index in [1.807, 2.05) is 18.2 Å². The summed E-state index contributed by atoms with van der Waals surface area (Å²) in [5.41, 5.74) is 3.54. The van der Waals surface area contributed by atoms with Crippen LogP contribution in [0.4, 0.5) is 0 Å². The molecule has 2 unspecified atom stereocenters. The number of nitrogens with zero attached hydrogens (tertiary/aromatic N) is 1. The lowest BCUT2D eigenvalue weighted by Crippen LogP contribution is -2.43. The summed E-state index contributed by atoms with van der Waals surface area (Å²) in [4.78, 5) is 2.25. The summed E-state index contributed by atoms with van der Waals surface area (Å²) in [6, 6.07) is 14.5. The van der Waals surface area contributed by atoms with Crippen LogP contribution in [0.25, 0.3) is 0 Å². The molecule has 0 saturated carbocycles. The molecule has 1 aliphatic heterocycles. The first-order chi connectivity index (χ1) is 13.7. The Balaban J connectivity index is 1.57. The fourth-order valence-electron chi connectivity index (χ4n) is 3.67. The highest BCUT2D eigenvalue weighted by atomic mass is 79.9. The van der Waals surface area contributed by atoms with Gasteiger partial charge in [-0.15, -0.1) is 0 Å². The highest BCUT2D eigenvalue weighted by molar-refractivity contribution is 9.10. The Morgan fingerprint density at radius 1 is 1.24 bits per heavy atom. The lowest BCUT2D eigenvalue weighted by atomic mass is 9.85. The first-order valence-electron chi connectivity index (χ1n) is 10.2. The van der Waals surface area contributed by atoms with E-state index in [4.69, 9.17) is 9.47 Å². The molecule has 0 amide bonds. The number of aliphatic hydroxyl groups excluding tert-OH is 1. The van der Waals surface area contributed by atoms with Gasteiger partial charge in [-0.1, -0.05) is 66.5 Å². The number of benzene rings is 2. The van der Waals surface area contributed by atoms with E-state index in [0.29, 0.717) is 13.2 Å². The Hall–Kier alpha value is -1.40. The van der Waals surface area contributed by atoms with Gasteiger partial charge in [-0.2, -0.15) is 0 Å². The van der Waals surface area contributed by atoms with Crippen molar-refractivity contribution in [2.75, 3.05) is 32.8 Å². The SMILES string of the molecule is Cc1ccc(OCC(O)CN2CCOC(c3cccc(Br)c3)C2)c(C(C)(C)C)c1. The number of β-amino-alcohol motifs (C(OH)–C–C–N with tert-alkyl or cyclic N) is 1. The van der Waals surface area contributed by atoms with Crippen molar-refractivity contribution in [2.24, 2.45) is 0 Å². The molecule has 5 heteroatoms. The van der Waals surface area contributed by atoms with Crippen molar-refractivity contribution in [3.05, 3.63) is 63.6 Å². The second-order valence-electron chi connectivity index (χ2n) is 8.89. The third-order valence-electron chi connectivity index (χ3n) is 5.21. The van der Waals surface area contributed by atoms with Gasteiger partial charge >= 0.3 is 0 Å². The second-order valence-corrected chi connectivity index (χ2v) is 9.80. The fraction of sp³-hybridized carbons (Fsp3) is 0.500. The molecule has 2 atom stereocenters. The van der Waals surface area contributed by atoms with E-state index in [-0.39, 0.29) is 18.1 Å². The summed E-state index contributed by atoms with van der Waals surface area (Å²) in [5, 5.41) is 10.6. The van der Waals surface area contributed by atoms with Crippen LogP contribution in [0.2, 0.25) is 0 Å². The summed E-state index contributed by atoms with van der Waals surface area (Å²) in [6.45, 7) is 11.7. The number of halogens is 1. The van der Waals surface area contributed by atoms with Crippen molar-refractivity contribution in [3.63, 3.8) is 0 Å². The smallest absolute Gasteiger partial charge is 0.123 e. The van der Waals surface area contributed by atoms with Gasteiger partial charge in [0.05, 0.1) is 12.7 Å². The van der Waals surface area contributed by atoms with Crippen molar-refractivity contribution in [2.45, 2.75) is 45.3 Å². The zero-order valence-electron chi connectivity index (χ0n) is 17.8. The first-order valence-corrected chi connectivity index (χ1v) is 11.0. The summed E-state index contributed by atoms with van der Waals surface area (Å²) in [7, 11) is 0. The van der Waals surface area contributed by atoms with Crippen molar-refractivity contribution < 1.29 is 14.6 Å². The van der Waals surface area contributed by atoms with Crippen LogP contribution >= 0.6 is 15.9 Å². The summed E-state index contributed by atoms with van der Waals surface area (Å²) < 4.78 is 13.0. The Bertz CT molecular complexity index is 818. The van der Waals surface area contributed by atoms with Gasteiger partial charge in [-0.05, 0) is 41.7 Å². The standard InChI is InChI=1S/C24H32BrNO3/c1-17-8-9-22(21(12-17)24(2,3)4)29-16-20(27)14-26-10-11-28-23(15-26)18-6-5-7-19(25)13-18/h5-9,12-13,20,23,27H,10-11,14-16H2,1-4H3. The summed E-state index contributed by atoms with van der Waals surface area (Å²) in [5.74, 6) is 0.858. The molecule has 0 aromatic heterocycles. The minimum absolute atomic E-state index is 0.00626. The third-order valence-corrected chi connectivity index (χ3v) is 5.71. The van der Waals surface area contributed by atoms with Gasteiger partial charge in [0, 0.05) is 24.1 Å². The lowest BCUT2D eigenvalue weighted by molar-refractivity contribution is -0.0460. The molecule has 0 bridgehead atoms. The maximum atomic E-state index is 10.6. The molecule has 2 aromatic carbocycles. The largest absolute Gasteiger partial charge is 0.491 e. The predicted octanol–water partition coefficient (Wildman–Crippen LogP) is 4.87. The molecule has 3 rings (SSSR count). The van der Waals surface area contributed by atoms with Crippen LogP contribution in [0.1, 0.15) is 43.6 Å². The quantitative estimate of drug-likeness (QED) is 0.666. The number of rotatable bonds is 6. The third kappa shape index (κ3) is 6.29. The number of hydrogen-bond donors (Lipinski definition) is 1. The minimum Gasteiger partial charge on any atom is -0.491 e. The maximum Gasteiger partial charge on any atom is 0.123 e. The molecular formula is C24H32BrNO3. The van der Waals surface area contributed by atoms with Gasteiger partial charge < -0.3 is 14.6 Å². The van der Waals surface area contributed by atoms with E-state index in [9.17, 15) is 5.11 Å². The molecule has 1 heterocycles. The zero-order valence-corrected chi connectivity index (χ0v) is 19.4. The highest BCUT2D eigenvalue weighted by Crippen LogP contribution is 2.32. The van der Waals surface area contributed by atoms with Gasteiger partial charge in [-0.25, -0.2) is 0 Å². The molecule has 0 aliphatic carbocycles. The van der Waals surface area contributed by atoms with E-state index in [1.165, 1.54) is 11.1 Å². The predicted molar refractivity (Wildman–Crippen MR) is 121 cm³/mol. The van der Waals surface area contributed by atoms with Crippen LogP contribution in [0, 0.1) is 6.92 Å². The molecule has 0 radical (unpaired) electrons. The molecule has 1 N–H and O–H groups in total. The highest BCUT2D eigenvalue weighted by Gasteiger charge is 2.25. The average molecular weight is 462 g/mol. The molecule has 158 valence electrons. The van der Waals surface area contributed by atoms with E-state index in [1.54, 1.807) is 0 Å². The van der Waals surface area contributed by atoms with E-state index in [0.717, 1.165) is 28.9 Å². The number of ether oxygens (including phenoxy) is 2. The van der Waals surface area contributed by atoms with Crippen molar-refractivity contribution in [3.8, 4) is 5.75 Å². The van der Waals surface area contributed by atoms with E-state index < -0.39 is 6.10 Å². The topological polar surface area (TPSA) is 41.9 Å². The Kier molecular flexibility index (Phi) is 7.38. The monoisotopic (exact) mass is 461 g/mol. The van der Waals surface area contributed by atoms with Crippen molar-refractivity contribution in [1.29, 1.82) is 0 Å². The molecule has 1 aliphatic rings. The van der Waals surface area contributed by atoms with Gasteiger partial charge in [0.15, 0.2) is 0 Å². The van der Waals surface area contributed by atoms with Crippen LogP contribution in [-0.2, 0) is 10.2 Å². The molecule has 29 heavy (non-hydrogen) atoms. The normalized spacial score (nSPS) is 19.2. The Labute approximate surface area is 183 Å². The number of hydrogen-bond acceptors (Lipinski definition) is 4. The molecular weight excluding hydrogens is 430 g/mol. The van der Waals surface area contributed by atoms with Crippen molar-refractivity contribution >= 4 is 15.9 Å². The molecule has 4 nitrogen and oxygen atoms in total. The average Bonchev–Trinajstić information content (AvgIpc) is 2.66. The van der Waals surface area contributed by atoms with Crippen LogP contribution in [0.3, 0.4) is 0 Å². The van der Waals surface area contributed by atoms with Crippen LogP contribution < -0.4 is 4.74 Å². The van der Waals surface area contributed by atoms with Gasteiger partial charge in [-0.3, -0.25) is 4.90 Å². The van der Waals surface area contributed by atoms with E-state index in [2.05, 4.69) is 72.8 Å². The number of aliphatic hydroxyl groups is 1. The number of aryl methyl sites for hydroxylation is 1. The lowest BCUT2D eigenvalue weighted by Gasteiger charge is -2.34. The molecule has 2 aromatic rings. The fourth-order valence-corrected chi connectivity index (χ4v) is 4.09. The van der Waals surface area contributed by atoms with Crippen LogP contribution in [0.5, 0.6) is 5.75 Å². The minimum atomic E-state index is -0.551. The summed E-state index contributed by atoms with van der Waals surface area (Å²) >= 11 is 3.53. The van der Waals surface area contributed by atoms with E-state index >= 15 is 0 Å². The van der Waals surface area contributed by atoms with Crippen molar-refractivity contribution in [1.82, 2.24) is 4.90 Å². The summed E-state index contributed by atoms with van der Waals surface area (Å²) in [6.07, 6.45) is -0.524. The van der Waals surface area contributed by atoms with Gasteiger partial charge in [0.25, 0.3) is 0 Å². The molecule has 1 fully saturated rings.